The SMILES string of the molecule is Cc1c(O)cnc(CO)c1C(F)F. The average Bonchev–Trinajstić information content (AvgIpc) is 2.08. The van der Waals surface area contributed by atoms with Gasteiger partial charge in [0.25, 0.3) is 6.43 Å². The summed E-state index contributed by atoms with van der Waals surface area (Å²) in [5, 5.41) is 17.8. The minimum atomic E-state index is -2.73. The van der Waals surface area contributed by atoms with Gasteiger partial charge in [0.1, 0.15) is 5.75 Å². The maximum atomic E-state index is 12.4. The first-order chi connectivity index (χ1) is 6.07. The van der Waals surface area contributed by atoms with Gasteiger partial charge in [0.15, 0.2) is 0 Å². The predicted molar refractivity (Wildman–Crippen MR) is 41.5 cm³/mol. The lowest BCUT2D eigenvalue weighted by atomic mass is 10.1. The Balaban J connectivity index is 3.32. The van der Waals surface area contributed by atoms with Crippen LogP contribution in [0.3, 0.4) is 0 Å². The molecule has 5 heteroatoms. The Kier molecular flexibility index (Phi) is 2.77. The summed E-state index contributed by atoms with van der Waals surface area (Å²) in [6.45, 7) is 0.804. The lowest BCUT2D eigenvalue weighted by Gasteiger charge is -2.09. The van der Waals surface area contributed by atoms with Gasteiger partial charge in [-0.05, 0) is 6.92 Å². The molecule has 1 aromatic rings. The van der Waals surface area contributed by atoms with Crippen molar-refractivity contribution in [2.45, 2.75) is 20.0 Å². The molecule has 0 aliphatic heterocycles. The third-order valence-electron chi connectivity index (χ3n) is 1.81. The maximum Gasteiger partial charge on any atom is 0.266 e. The first kappa shape index (κ1) is 9.85. The van der Waals surface area contributed by atoms with E-state index in [4.69, 9.17) is 10.2 Å². The van der Waals surface area contributed by atoms with Crippen LogP contribution in [0.15, 0.2) is 6.20 Å². The van der Waals surface area contributed by atoms with Crippen LogP contribution in [0.1, 0.15) is 23.2 Å². The van der Waals surface area contributed by atoms with Crippen molar-refractivity contribution in [3.8, 4) is 5.75 Å². The summed E-state index contributed by atoms with van der Waals surface area (Å²) in [5.74, 6) is -0.285. The van der Waals surface area contributed by atoms with E-state index in [0.29, 0.717) is 0 Å². The van der Waals surface area contributed by atoms with E-state index < -0.39 is 13.0 Å². The summed E-state index contributed by atoms with van der Waals surface area (Å²) in [6.07, 6.45) is -1.69. The number of hydrogen-bond donors (Lipinski definition) is 2. The molecule has 0 aliphatic carbocycles. The van der Waals surface area contributed by atoms with Gasteiger partial charge < -0.3 is 10.2 Å². The fraction of sp³-hybridized carbons (Fsp3) is 0.375. The Hall–Kier alpha value is -1.23. The smallest absolute Gasteiger partial charge is 0.266 e. The number of aromatic hydroxyl groups is 1. The number of aliphatic hydroxyl groups is 1. The molecule has 0 radical (unpaired) electrons. The van der Waals surface area contributed by atoms with Crippen LogP contribution < -0.4 is 0 Å². The van der Waals surface area contributed by atoms with E-state index in [1.807, 2.05) is 0 Å². The third kappa shape index (κ3) is 1.75. The zero-order valence-electron chi connectivity index (χ0n) is 6.96. The first-order valence-electron chi connectivity index (χ1n) is 3.64. The summed E-state index contributed by atoms with van der Waals surface area (Å²) in [7, 11) is 0. The number of pyridine rings is 1. The minimum absolute atomic E-state index is 0.0639. The average molecular weight is 189 g/mol. The summed E-state index contributed by atoms with van der Waals surface area (Å²) in [6, 6.07) is 0. The highest BCUT2D eigenvalue weighted by atomic mass is 19.3. The molecule has 0 saturated carbocycles. The largest absolute Gasteiger partial charge is 0.506 e. The quantitative estimate of drug-likeness (QED) is 0.741. The molecule has 2 N–H and O–H groups in total. The second-order valence-corrected chi connectivity index (χ2v) is 2.59. The zero-order chi connectivity index (χ0) is 10.0. The number of alkyl halides is 2. The van der Waals surface area contributed by atoms with Crippen LogP contribution in [0.2, 0.25) is 0 Å². The van der Waals surface area contributed by atoms with Crippen molar-refractivity contribution < 1.29 is 19.0 Å². The Morgan fingerprint density at radius 3 is 2.62 bits per heavy atom. The maximum absolute atomic E-state index is 12.4. The molecule has 0 aliphatic rings. The van der Waals surface area contributed by atoms with Crippen LogP contribution in [0.4, 0.5) is 8.78 Å². The van der Waals surface area contributed by atoms with Crippen molar-refractivity contribution >= 4 is 0 Å². The number of hydrogen-bond acceptors (Lipinski definition) is 3. The van der Waals surface area contributed by atoms with Crippen LogP contribution in [-0.2, 0) is 6.61 Å². The monoisotopic (exact) mass is 189 g/mol. The van der Waals surface area contributed by atoms with E-state index in [2.05, 4.69) is 4.98 Å². The Labute approximate surface area is 73.7 Å². The summed E-state index contributed by atoms with van der Waals surface area (Å²) >= 11 is 0. The van der Waals surface area contributed by atoms with Gasteiger partial charge in [-0.25, -0.2) is 8.78 Å². The van der Waals surface area contributed by atoms with Gasteiger partial charge in [-0.1, -0.05) is 0 Å². The van der Waals surface area contributed by atoms with Gasteiger partial charge in [-0.15, -0.1) is 0 Å². The topological polar surface area (TPSA) is 53.4 Å². The minimum Gasteiger partial charge on any atom is -0.506 e. The molecule has 3 nitrogen and oxygen atoms in total. The number of aromatic nitrogens is 1. The molecule has 1 heterocycles. The van der Waals surface area contributed by atoms with Gasteiger partial charge in [-0.2, -0.15) is 0 Å². The highest BCUT2D eigenvalue weighted by Crippen LogP contribution is 2.29. The van der Waals surface area contributed by atoms with Crippen molar-refractivity contribution in [1.82, 2.24) is 4.98 Å². The molecule has 0 unspecified atom stereocenters. The Morgan fingerprint density at radius 2 is 2.15 bits per heavy atom. The lowest BCUT2D eigenvalue weighted by molar-refractivity contribution is 0.144. The van der Waals surface area contributed by atoms with Crippen molar-refractivity contribution in [2.24, 2.45) is 0 Å². The van der Waals surface area contributed by atoms with E-state index in [9.17, 15) is 8.78 Å². The predicted octanol–water partition coefficient (Wildman–Crippen LogP) is 1.53. The summed E-state index contributed by atoms with van der Waals surface area (Å²) < 4.78 is 24.8. The van der Waals surface area contributed by atoms with Gasteiger partial charge in [0.2, 0.25) is 0 Å². The number of halogens is 2. The van der Waals surface area contributed by atoms with Gasteiger partial charge in [0, 0.05) is 11.1 Å². The van der Waals surface area contributed by atoms with Crippen LogP contribution >= 0.6 is 0 Å². The molecule has 13 heavy (non-hydrogen) atoms. The van der Waals surface area contributed by atoms with Gasteiger partial charge >= 0.3 is 0 Å². The van der Waals surface area contributed by atoms with E-state index in [1.165, 1.54) is 6.92 Å². The molecular weight excluding hydrogens is 180 g/mol. The Bertz CT molecular complexity index is 315. The molecule has 0 aromatic carbocycles. The zero-order valence-corrected chi connectivity index (χ0v) is 6.96. The van der Waals surface area contributed by atoms with Crippen molar-refractivity contribution in [3.63, 3.8) is 0 Å². The molecule has 0 fully saturated rings. The molecular formula is C8H9F2NO2. The van der Waals surface area contributed by atoms with Crippen LogP contribution in [0, 0.1) is 6.92 Å². The normalized spacial score (nSPS) is 10.8. The van der Waals surface area contributed by atoms with E-state index >= 15 is 0 Å². The second kappa shape index (κ2) is 3.66. The third-order valence-corrected chi connectivity index (χ3v) is 1.81. The molecule has 0 atom stereocenters. The highest BCUT2D eigenvalue weighted by Gasteiger charge is 2.18. The van der Waals surface area contributed by atoms with Crippen LogP contribution in [0.25, 0.3) is 0 Å². The molecule has 1 aromatic heterocycles. The molecule has 0 amide bonds. The fourth-order valence-corrected chi connectivity index (χ4v) is 1.08. The Morgan fingerprint density at radius 1 is 1.54 bits per heavy atom. The van der Waals surface area contributed by atoms with Crippen LogP contribution in [0.5, 0.6) is 5.75 Å². The van der Waals surface area contributed by atoms with Gasteiger partial charge in [0.05, 0.1) is 18.5 Å². The van der Waals surface area contributed by atoms with E-state index in [0.717, 1.165) is 6.20 Å². The van der Waals surface area contributed by atoms with Crippen LogP contribution in [-0.4, -0.2) is 15.2 Å². The fourth-order valence-electron chi connectivity index (χ4n) is 1.08. The molecule has 72 valence electrons. The lowest BCUT2D eigenvalue weighted by Crippen LogP contribution is -2.01. The number of aliphatic hydroxyl groups excluding tert-OH is 1. The van der Waals surface area contributed by atoms with Gasteiger partial charge in [-0.3, -0.25) is 4.98 Å². The molecule has 0 spiro atoms. The summed E-state index contributed by atoms with van der Waals surface area (Å²) in [4.78, 5) is 3.50. The standard InChI is InChI=1S/C8H9F2NO2/c1-4-6(13)2-11-5(3-12)7(4)8(9)10/h2,8,12-13H,3H2,1H3. The summed E-state index contributed by atoms with van der Waals surface area (Å²) in [5.41, 5.74) is -0.415. The highest BCUT2D eigenvalue weighted by molar-refractivity contribution is 5.39. The number of nitrogens with zero attached hydrogens (tertiary/aromatic N) is 1. The van der Waals surface area contributed by atoms with Crippen molar-refractivity contribution in [1.29, 1.82) is 0 Å². The number of rotatable bonds is 2. The second-order valence-electron chi connectivity index (χ2n) is 2.59. The molecule has 0 saturated heterocycles. The van der Waals surface area contributed by atoms with E-state index in [-0.39, 0.29) is 22.6 Å². The van der Waals surface area contributed by atoms with E-state index in [1.54, 1.807) is 0 Å². The van der Waals surface area contributed by atoms with Crippen molar-refractivity contribution in [2.75, 3.05) is 0 Å². The molecule has 0 bridgehead atoms. The first-order valence-corrected chi connectivity index (χ1v) is 3.64. The molecule has 1 rings (SSSR count). The van der Waals surface area contributed by atoms with Crippen molar-refractivity contribution in [3.05, 3.63) is 23.0 Å².